The molecule has 1 heterocycles. The molecule has 0 aromatic heterocycles. The van der Waals surface area contributed by atoms with Crippen molar-refractivity contribution in [3.63, 3.8) is 0 Å². The predicted molar refractivity (Wildman–Crippen MR) is 32.3 cm³/mol. The summed E-state index contributed by atoms with van der Waals surface area (Å²) in [6.07, 6.45) is 4.65. The SMILES string of the molecule is O=C(Cl)C1=CC=CNO1. The number of hydrogen-bond donors (Lipinski definition) is 1. The van der Waals surface area contributed by atoms with Gasteiger partial charge in [0, 0.05) is 6.20 Å². The molecule has 0 radical (unpaired) electrons. The van der Waals surface area contributed by atoms with Crippen molar-refractivity contribution in [1.29, 1.82) is 0 Å². The van der Waals surface area contributed by atoms with Crippen LogP contribution in [-0.2, 0) is 9.63 Å². The van der Waals surface area contributed by atoms with Crippen LogP contribution in [0.15, 0.2) is 24.1 Å². The number of allylic oxidation sites excluding steroid dienone is 3. The van der Waals surface area contributed by atoms with Crippen molar-refractivity contribution in [3.05, 3.63) is 24.1 Å². The highest BCUT2D eigenvalue weighted by molar-refractivity contribution is 6.67. The number of hydrogen-bond acceptors (Lipinski definition) is 3. The number of rotatable bonds is 1. The molecule has 0 spiro atoms. The van der Waals surface area contributed by atoms with Gasteiger partial charge in [-0.05, 0) is 23.8 Å². The van der Waals surface area contributed by atoms with Crippen molar-refractivity contribution >= 4 is 16.8 Å². The first-order valence-electron chi connectivity index (χ1n) is 2.30. The van der Waals surface area contributed by atoms with E-state index in [0.717, 1.165) is 0 Å². The van der Waals surface area contributed by atoms with Crippen molar-refractivity contribution < 1.29 is 9.63 Å². The molecular weight excluding hydrogens is 142 g/mol. The normalized spacial score (nSPS) is 15.4. The molecule has 1 aliphatic heterocycles. The molecule has 1 aliphatic rings. The highest BCUT2D eigenvalue weighted by Gasteiger charge is 2.07. The monoisotopic (exact) mass is 145 g/mol. The quantitative estimate of drug-likeness (QED) is 0.552. The van der Waals surface area contributed by atoms with E-state index < -0.39 is 5.24 Å². The van der Waals surface area contributed by atoms with Gasteiger partial charge in [0.25, 0.3) is 5.24 Å². The molecule has 0 aromatic rings. The predicted octanol–water partition coefficient (Wildman–Crippen LogP) is 0.684. The van der Waals surface area contributed by atoms with Crippen molar-refractivity contribution in [2.75, 3.05) is 0 Å². The molecule has 0 atom stereocenters. The van der Waals surface area contributed by atoms with E-state index in [1.54, 1.807) is 12.3 Å². The fourth-order valence-corrected chi connectivity index (χ4v) is 0.514. The second kappa shape index (κ2) is 2.55. The lowest BCUT2D eigenvalue weighted by atomic mass is 10.4. The Morgan fingerprint density at radius 2 is 2.56 bits per heavy atom. The molecule has 0 fully saturated rings. The van der Waals surface area contributed by atoms with Gasteiger partial charge >= 0.3 is 0 Å². The van der Waals surface area contributed by atoms with Crippen molar-refractivity contribution in [3.8, 4) is 0 Å². The number of carbonyl (C=O) groups is 1. The lowest BCUT2D eigenvalue weighted by Crippen LogP contribution is -2.12. The smallest absolute Gasteiger partial charge is 0.290 e. The van der Waals surface area contributed by atoms with Crippen LogP contribution in [0.4, 0.5) is 0 Å². The number of halogens is 1. The third-order valence-electron chi connectivity index (χ3n) is 0.774. The number of hydroxylamine groups is 1. The Balaban J connectivity index is 2.68. The fraction of sp³-hybridized carbons (Fsp3) is 0. The summed E-state index contributed by atoms with van der Waals surface area (Å²) in [6.45, 7) is 0. The van der Waals surface area contributed by atoms with Crippen LogP contribution in [0, 0.1) is 0 Å². The van der Waals surface area contributed by atoms with Gasteiger partial charge in [0.1, 0.15) is 0 Å². The zero-order chi connectivity index (χ0) is 6.69. The van der Waals surface area contributed by atoms with Gasteiger partial charge in [-0.15, -0.1) is 0 Å². The Hall–Kier alpha value is -0.960. The molecule has 0 aliphatic carbocycles. The summed E-state index contributed by atoms with van der Waals surface area (Å²) in [5.74, 6) is 0.110. The van der Waals surface area contributed by atoms with Gasteiger partial charge in [0.2, 0.25) is 5.76 Å². The van der Waals surface area contributed by atoms with E-state index >= 15 is 0 Å². The third-order valence-corrected chi connectivity index (χ3v) is 0.961. The minimum atomic E-state index is -0.605. The summed E-state index contributed by atoms with van der Waals surface area (Å²) in [6, 6.07) is 0. The minimum Gasteiger partial charge on any atom is -0.378 e. The van der Waals surface area contributed by atoms with Gasteiger partial charge in [-0.3, -0.25) is 4.79 Å². The minimum absolute atomic E-state index is 0.110. The average Bonchev–Trinajstić information content (AvgIpc) is 1.90. The summed E-state index contributed by atoms with van der Waals surface area (Å²) in [4.78, 5) is 14.9. The zero-order valence-electron chi connectivity index (χ0n) is 4.43. The maximum absolute atomic E-state index is 10.3. The molecule has 9 heavy (non-hydrogen) atoms. The van der Waals surface area contributed by atoms with Gasteiger partial charge in [-0.25, -0.2) is 5.48 Å². The van der Waals surface area contributed by atoms with E-state index in [2.05, 4.69) is 10.3 Å². The Labute approximate surface area is 56.9 Å². The van der Waals surface area contributed by atoms with Gasteiger partial charge in [-0.1, -0.05) is 0 Å². The maximum Gasteiger partial charge on any atom is 0.290 e. The van der Waals surface area contributed by atoms with Crippen LogP contribution in [-0.4, -0.2) is 5.24 Å². The Morgan fingerprint density at radius 1 is 1.78 bits per heavy atom. The van der Waals surface area contributed by atoms with Crippen LogP contribution < -0.4 is 5.48 Å². The summed E-state index contributed by atoms with van der Waals surface area (Å²) >= 11 is 5.05. The molecular formula is C5H4ClNO2. The Kier molecular flexibility index (Phi) is 1.75. The van der Waals surface area contributed by atoms with Crippen LogP contribution in [0.5, 0.6) is 0 Å². The standard InChI is InChI=1S/C5H4ClNO2/c6-5(8)4-2-1-3-7-9-4/h1-3,7H. The largest absolute Gasteiger partial charge is 0.378 e. The van der Waals surface area contributed by atoms with Crippen LogP contribution in [0.25, 0.3) is 0 Å². The van der Waals surface area contributed by atoms with Crippen LogP contribution in [0.1, 0.15) is 0 Å². The first-order chi connectivity index (χ1) is 4.30. The van der Waals surface area contributed by atoms with E-state index in [-0.39, 0.29) is 5.76 Å². The lowest BCUT2D eigenvalue weighted by molar-refractivity contribution is -0.112. The number of nitrogens with one attached hydrogen (secondary N) is 1. The molecule has 1 N–H and O–H groups in total. The van der Waals surface area contributed by atoms with Crippen LogP contribution >= 0.6 is 11.6 Å². The molecule has 0 bridgehead atoms. The molecule has 0 amide bonds. The zero-order valence-corrected chi connectivity index (χ0v) is 5.18. The molecule has 4 heteroatoms. The van der Waals surface area contributed by atoms with Crippen molar-refractivity contribution in [2.24, 2.45) is 0 Å². The molecule has 0 saturated carbocycles. The van der Waals surface area contributed by atoms with E-state index in [9.17, 15) is 4.79 Å². The van der Waals surface area contributed by atoms with E-state index in [4.69, 9.17) is 11.6 Å². The van der Waals surface area contributed by atoms with Gasteiger partial charge in [-0.2, -0.15) is 0 Å². The van der Waals surface area contributed by atoms with E-state index in [1.165, 1.54) is 6.08 Å². The van der Waals surface area contributed by atoms with Gasteiger partial charge < -0.3 is 4.84 Å². The molecule has 1 rings (SSSR count). The molecule has 48 valence electrons. The maximum atomic E-state index is 10.3. The second-order valence-corrected chi connectivity index (χ2v) is 1.73. The van der Waals surface area contributed by atoms with Gasteiger partial charge in [0.15, 0.2) is 0 Å². The fourth-order valence-electron chi connectivity index (χ4n) is 0.412. The first kappa shape index (κ1) is 6.16. The third kappa shape index (κ3) is 1.47. The molecule has 0 aromatic carbocycles. The van der Waals surface area contributed by atoms with Crippen molar-refractivity contribution in [2.45, 2.75) is 0 Å². The number of carbonyl (C=O) groups excluding carboxylic acids is 1. The second-order valence-electron chi connectivity index (χ2n) is 1.38. The summed E-state index contributed by atoms with van der Waals surface area (Å²) < 4.78 is 0. The highest BCUT2D eigenvalue weighted by Crippen LogP contribution is 2.03. The molecule has 0 unspecified atom stereocenters. The summed E-state index contributed by atoms with van der Waals surface area (Å²) in [7, 11) is 0. The van der Waals surface area contributed by atoms with E-state index in [1.807, 2.05) is 0 Å². The van der Waals surface area contributed by atoms with Crippen LogP contribution in [0.3, 0.4) is 0 Å². The first-order valence-corrected chi connectivity index (χ1v) is 2.67. The average molecular weight is 146 g/mol. The van der Waals surface area contributed by atoms with Crippen LogP contribution in [0.2, 0.25) is 0 Å². The summed E-state index contributed by atoms with van der Waals surface area (Å²) in [5, 5.41) is -0.605. The summed E-state index contributed by atoms with van der Waals surface area (Å²) in [5.41, 5.74) is 2.36. The topological polar surface area (TPSA) is 38.3 Å². The Morgan fingerprint density at radius 3 is 2.89 bits per heavy atom. The molecule has 0 saturated heterocycles. The van der Waals surface area contributed by atoms with E-state index in [0.29, 0.717) is 0 Å². The van der Waals surface area contributed by atoms with Gasteiger partial charge in [0.05, 0.1) is 0 Å². The Bertz CT molecular complexity index is 185. The highest BCUT2D eigenvalue weighted by atomic mass is 35.5. The molecule has 3 nitrogen and oxygen atoms in total. The van der Waals surface area contributed by atoms with Crippen molar-refractivity contribution in [1.82, 2.24) is 5.48 Å². The lowest BCUT2D eigenvalue weighted by Gasteiger charge is -2.06.